The van der Waals surface area contributed by atoms with Gasteiger partial charge in [0.15, 0.2) is 0 Å². The minimum absolute atomic E-state index is 0.0120. The van der Waals surface area contributed by atoms with E-state index in [2.05, 4.69) is 29.7 Å². The first-order valence-electron chi connectivity index (χ1n) is 7.49. The van der Waals surface area contributed by atoms with Crippen LogP contribution in [0.1, 0.15) is 34.0 Å². The third-order valence-electron chi connectivity index (χ3n) is 3.98. The Morgan fingerprint density at radius 1 is 1.24 bits per heavy atom. The van der Waals surface area contributed by atoms with Crippen LogP contribution >= 0.6 is 0 Å². The second kappa shape index (κ2) is 6.10. The smallest absolute Gasteiger partial charge is 0.255 e. The largest absolute Gasteiger partial charge is 0.322 e. The summed E-state index contributed by atoms with van der Waals surface area (Å²) in [5.41, 5.74) is 5.31. The molecule has 1 heterocycles. The van der Waals surface area contributed by atoms with E-state index >= 15 is 0 Å². The molecule has 1 aliphatic rings. The average Bonchev–Trinajstić information content (AvgIpc) is 2.54. The van der Waals surface area contributed by atoms with Crippen LogP contribution in [0.15, 0.2) is 42.5 Å². The van der Waals surface area contributed by atoms with Crippen LogP contribution in [0.25, 0.3) is 0 Å². The summed E-state index contributed by atoms with van der Waals surface area (Å²) >= 11 is 0. The highest BCUT2D eigenvalue weighted by molar-refractivity contribution is 6.05. The summed E-state index contributed by atoms with van der Waals surface area (Å²) in [7, 11) is 0. The number of anilines is 1. The maximum absolute atomic E-state index is 12.6. The number of carbonyl (C=O) groups is 1. The van der Waals surface area contributed by atoms with E-state index in [1.807, 2.05) is 30.3 Å². The van der Waals surface area contributed by atoms with Crippen molar-refractivity contribution < 1.29 is 4.79 Å². The van der Waals surface area contributed by atoms with E-state index in [0.29, 0.717) is 0 Å². The summed E-state index contributed by atoms with van der Waals surface area (Å²) in [6.45, 7) is 3.89. The average molecular weight is 280 g/mol. The van der Waals surface area contributed by atoms with Crippen LogP contribution in [0.3, 0.4) is 0 Å². The predicted octanol–water partition coefficient (Wildman–Crippen LogP) is 3.15. The second-order valence-electron chi connectivity index (χ2n) is 5.38. The maximum Gasteiger partial charge on any atom is 0.255 e. The van der Waals surface area contributed by atoms with Gasteiger partial charge in [0.2, 0.25) is 0 Å². The van der Waals surface area contributed by atoms with Crippen LogP contribution in [0.2, 0.25) is 0 Å². The van der Waals surface area contributed by atoms with Gasteiger partial charge in [-0.25, -0.2) is 0 Å². The lowest BCUT2D eigenvalue weighted by molar-refractivity contribution is 0.102. The molecule has 3 nitrogen and oxygen atoms in total. The molecule has 108 valence electrons. The summed E-state index contributed by atoms with van der Waals surface area (Å²) in [4.78, 5) is 12.6. The van der Waals surface area contributed by atoms with E-state index in [1.54, 1.807) is 0 Å². The minimum atomic E-state index is -0.0120. The molecule has 1 aliphatic heterocycles. The Morgan fingerprint density at radius 2 is 2.10 bits per heavy atom. The van der Waals surface area contributed by atoms with Gasteiger partial charge in [-0.2, -0.15) is 0 Å². The molecule has 0 saturated carbocycles. The highest BCUT2D eigenvalue weighted by Gasteiger charge is 2.17. The van der Waals surface area contributed by atoms with Crippen molar-refractivity contribution in [3.05, 3.63) is 64.7 Å². The van der Waals surface area contributed by atoms with E-state index in [-0.39, 0.29) is 5.91 Å². The van der Waals surface area contributed by atoms with Gasteiger partial charge in [0.25, 0.3) is 5.91 Å². The summed E-state index contributed by atoms with van der Waals surface area (Å²) in [5, 5.41) is 6.36. The van der Waals surface area contributed by atoms with E-state index in [1.165, 1.54) is 16.7 Å². The lowest BCUT2D eigenvalue weighted by Gasteiger charge is -2.20. The molecule has 1 amide bonds. The van der Waals surface area contributed by atoms with Gasteiger partial charge in [-0.3, -0.25) is 4.79 Å². The highest BCUT2D eigenvalue weighted by Crippen LogP contribution is 2.20. The molecule has 21 heavy (non-hydrogen) atoms. The molecule has 0 saturated heterocycles. The summed E-state index contributed by atoms with van der Waals surface area (Å²) in [6, 6.07) is 14.0. The van der Waals surface area contributed by atoms with Crippen LogP contribution < -0.4 is 10.6 Å². The molecular formula is C18H20N2O. The number of nitrogens with one attached hydrogen (secondary N) is 2. The van der Waals surface area contributed by atoms with E-state index < -0.39 is 0 Å². The fourth-order valence-electron chi connectivity index (χ4n) is 2.81. The first-order valence-corrected chi connectivity index (χ1v) is 7.49. The van der Waals surface area contributed by atoms with E-state index in [4.69, 9.17) is 0 Å². The zero-order valence-electron chi connectivity index (χ0n) is 12.3. The van der Waals surface area contributed by atoms with Crippen molar-refractivity contribution in [1.82, 2.24) is 5.32 Å². The molecule has 0 aromatic heterocycles. The number of aryl methyl sites for hydroxylation is 1. The monoisotopic (exact) mass is 280 g/mol. The lowest BCUT2D eigenvalue weighted by atomic mass is 9.95. The lowest BCUT2D eigenvalue weighted by Crippen LogP contribution is -2.26. The Hall–Kier alpha value is -2.13. The highest BCUT2D eigenvalue weighted by atomic mass is 16.1. The second-order valence-corrected chi connectivity index (χ2v) is 5.38. The van der Waals surface area contributed by atoms with Crippen LogP contribution in [-0.2, 0) is 19.4 Å². The summed E-state index contributed by atoms with van der Waals surface area (Å²) in [6.07, 6.45) is 1.88. The van der Waals surface area contributed by atoms with Crippen molar-refractivity contribution in [2.24, 2.45) is 0 Å². The Bertz CT molecular complexity index is 664. The van der Waals surface area contributed by atoms with Crippen molar-refractivity contribution in [3.8, 4) is 0 Å². The third-order valence-corrected chi connectivity index (χ3v) is 3.98. The van der Waals surface area contributed by atoms with Gasteiger partial charge in [0.1, 0.15) is 0 Å². The Kier molecular flexibility index (Phi) is 4.02. The topological polar surface area (TPSA) is 41.1 Å². The van der Waals surface area contributed by atoms with Crippen LogP contribution in [0, 0.1) is 0 Å². The van der Waals surface area contributed by atoms with Gasteiger partial charge >= 0.3 is 0 Å². The van der Waals surface area contributed by atoms with Crippen molar-refractivity contribution in [2.75, 3.05) is 11.9 Å². The molecule has 2 aromatic carbocycles. The SMILES string of the molecule is CCc1cccc(NC(=O)c2cccc3c2CCNC3)c1. The summed E-state index contributed by atoms with van der Waals surface area (Å²) in [5.74, 6) is -0.0120. The summed E-state index contributed by atoms with van der Waals surface area (Å²) < 4.78 is 0. The molecule has 2 aromatic rings. The first kappa shape index (κ1) is 13.8. The molecule has 0 aliphatic carbocycles. The quantitative estimate of drug-likeness (QED) is 0.907. The van der Waals surface area contributed by atoms with Crippen molar-refractivity contribution in [1.29, 1.82) is 0 Å². The standard InChI is InChI=1S/C18H20N2O/c1-2-13-5-3-7-15(11-13)20-18(21)17-8-4-6-14-12-19-10-9-16(14)17/h3-8,11,19H,2,9-10,12H2,1H3,(H,20,21). The third kappa shape index (κ3) is 2.98. The van der Waals surface area contributed by atoms with Gasteiger partial charge in [-0.1, -0.05) is 31.2 Å². The number of carbonyl (C=O) groups excluding carboxylic acids is 1. The molecule has 0 bridgehead atoms. The van der Waals surface area contributed by atoms with Gasteiger partial charge in [0, 0.05) is 17.8 Å². The van der Waals surface area contributed by atoms with Crippen LogP contribution in [0.4, 0.5) is 5.69 Å². The fraction of sp³-hybridized carbons (Fsp3) is 0.278. The predicted molar refractivity (Wildman–Crippen MR) is 85.6 cm³/mol. The van der Waals surface area contributed by atoms with E-state index in [9.17, 15) is 4.79 Å². The number of amides is 1. The Balaban J connectivity index is 1.85. The molecule has 3 heteroatoms. The number of rotatable bonds is 3. The van der Waals surface area contributed by atoms with Crippen molar-refractivity contribution in [2.45, 2.75) is 26.3 Å². The van der Waals surface area contributed by atoms with Crippen molar-refractivity contribution >= 4 is 11.6 Å². The molecule has 0 fully saturated rings. The number of hydrogen-bond acceptors (Lipinski definition) is 2. The zero-order chi connectivity index (χ0) is 14.7. The van der Waals surface area contributed by atoms with Crippen LogP contribution in [-0.4, -0.2) is 12.5 Å². The fourth-order valence-corrected chi connectivity index (χ4v) is 2.81. The zero-order valence-corrected chi connectivity index (χ0v) is 12.3. The maximum atomic E-state index is 12.6. The molecular weight excluding hydrogens is 260 g/mol. The molecule has 0 radical (unpaired) electrons. The van der Waals surface area contributed by atoms with Gasteiger partial charge in [-0.05, 0) is 54.3 Å². The molecule has 0 spiro atoms. The number of benzene rings is 2. The Morgan fingerprint density at radius 3 is 2.95 bits per heavy atom. The number of fused-ring (bicyclic) bond motifs is 1. The molecule has 0 atom stereocenters. The van der Waals surface area contributed by atoms with Gasteiger partial charge in [-0.15, -0.1) is 0 Å². The van der Waals surface area contributed by atoms with E-state index in [0.717, 1.165) is 37.2 Å². The van der Waals surface area contributed by atoms with Gasteiger partial charge < -0.3 is 10.6 Å². The first-order chi connectivity index (χ1) is 10.3. The molecule has 2 N–H and O–H groups in total. The minimum Gasteiger partial charge on any atom is -0.322 e. The number of hydrogen-bond donors (Lipinski definition) is 2. The van der Waals surface area contributed by atoms with Crippen molar-refractivity contribution in [3.63, 3.8) is 0 Å². The normalized spacial score (nSPS) is 13.6. The van der Waals surface area contributed by atoms with Crippen LogP contribution in [0.5, 0.6) is 0 Å². The van der Waals surface area contributed by atoms with Gasteiger partial charge in [0.05, 0.1) is 0 Å². The molecule has 3 rings (SSSR count). The Labute approximate surface area is 125 Å². The molecule has 0 unspecified atom stereocenters.